The number of fused-ring (bicyclic) bond motifs is 8. The predicted molar refractivity (Wildman–Crippen MR) is 168 cm³/mol. The summed E-state index contributed by atoms with van der Waals surface area (Å²) in [5.74, 6) is 0. The van der Waals surface area contributed by atoms with E-state index in [9.17, 15) is 0 Å². The zero-order valence-electron chi connectivity index (χ0n) is 22.7. The van der Waals surface area contributed by atoms with Gasteiger partial charge in [0.05, 0.1) is 28.1 Å². The van der Waals surface area contributed by atoms with E-state index in [1.807, 2.05) is 18.2 Å². The molecule has 2 nitrogen and oxygen atoms in total. The molecule has 0 unspecified atom stereocenters. The van der Waals surface area contributed by atoms with Crippen molar-refractivity contribution in [3.63, 3.8) is 0 Å². The third-order valence-electron chi connectivity index (χ3n) is 8.27. The summed E-state index contributed by atoms with van der Waals surface area (Å²) in [6.07, 6.45) is 6.16. The molecule has 0 bridgehead atoms. The highest BCUT2D eigenvalue weighted by Crippen LogP contribution is 2.51. The van der Waals surface area contributed by atoms with E-state index >= 15 is 0 Å². The number of para-hydroxylation sites is 1. The maximum Gasteiger partial charge on any atom is 0.0656 e. The smallest absolute Gasteiger partial charge is 0.0656 e. The molecule has 0 fully saturated rings. The van der Waals surface area contributed by atoms with Crippen LogP contribution in [-0.2, 0) is 0 Å². The quantitative estimate of drug-likeness (QED) is 0.243. The molecule has 0 atom stereocenters. The fraction of sp³-hybridized carbons (Fsp3) is 0.0811. The minimum atomic E-state index is 0.986. The van der Waals surface area contributed by atoms with Gasteiger partial charge in [0.25, 0.3) is 0 Å². The highest BCUT2D eigenvalue weighted by Gasteiger charge is 2.36. The summed E-state index contributed by atoms with van der Waals surface area (Å²) in [6.45, 7) is 19.6. The Morgan fingerprint density at radius 3 is 2.21 bits per heavy atom. The molecular formula is C37H30N2. The minimum Gasteiger partial charge on any atom is -0.309 e. The van der Waals surface area contributed by atoms with Crippen LogP contribution in [0.5, 0.6) is 0 Å². The van der Waals surface area contributed by atoms with Gasteiger partial charge in [-0.3, -0.25) is 0 Å². The van der Waals surface area contributed by atoms with Crippen LogP contribution in [0.15, 0.2) is 92.5 Å². The van der Waals surface area contributed by atoms with E-state index in [1.54, 1.807) is 0 Å². The molecule has 39 heavy (non-hydrogen) atoms. The second kappa shape index (κ2) is 8.34. The van der Waals surface area contributed by atoms with Crippen molar-refractivity contribution in [3.05, 3.63) is 142 Å². The molecule has 5 aromatic rings. The Balaban J connectivity index is 1.72. The highest BCUT2D eigenvalue weighted by molar-refractivity contribution is 6.11. The average Bonchev–Trinajstić information content (AvgIpc) is 3.23. The van der Waals surface area contributed by atoms with E-state index < -0.39 is 0 Å². The van der Waals surface area contributed by atoms with Crippen LogP contribution in [-0.4, -0.2) is 4.57 Å². The van der Waals surface area contributed by atoms with E-state index in [2.05, 4.69) is 123 Å². The van der Waals surface area contributed by atoms with Gasteiger partial charge in [-0.25, -0.2) is 0 Å². The Kier molecular flexibility index (Phi) is 4.99. The van der Waals surface area contributed by atoms with Crippen LogP contribution in [0, 0.1) is 20.8 Å². The number of hydrogen-bond donors (Lipinski definition) is 0. The zero-order valence-corrected chi connectivity index (χ0v) is 22.7. The van der Waals surface area contributed by atoms with Crippen LogP contribution in [0.25, 0.3) is 46.0 Å². The molecule has 2 aliphatic heterocycles. The molecule has 0 amide bonds. The van der Waals surface area contributed by atoms with E-state index in [0.29, 0.717) is 0 Å². The number of benzene rings is 4. The summed E-state index contributed by atoms with van der Waals surface area (Å²) < 4.78 is 2.30. The zero-order chi connectivity index (χ0) is 27.0. The van der Waals surface area contributed by atoms with Crippen molar-refractivity contribution in [2.24, 2.45) is 0 Å². The Morgan fingerprint density at radius 2 is 1.46 bits per heavy atom. The van der Waals surface area contributed by atoms with Crippen molar-refractivity contribution in [1.82, 2.24) is 4.57 Å². The van der Waals surface area contributed by atoms with Gasteiger partial charge in [-0.2, -0.15) is 0 Å². The summed E-state index contributed by atoms with van der Waals surface area (Å²) in [7, 11) is 0. The van der Waals surface area contributed by atoms with Crippen molar-refractivity contribution in [2.45, 2.75) is 20.8 Å². The molecule has 3 heterocycles. The van der Waals surface area contributed by atoms with Crippen molar-refractivity contribution < 1.29 is 0 Å². The lowest BCUT2D eigenvalue weighted by Gasteiger charge is -2.41. The Labute approximate surface area is 229 Å². The first-order chi connectivity index (χ1) is 18.9. The lowest BCUT2D eigenvalue weighted by atomic mass is 9.87. The second-order valence-corrected chi connectivity index (χ2v) is 10.7. The monoisotopic (exact) mass is 502 g/mol. The fourth-order valence-corrected chi connectivity index (χ4v) is 6.23. The molecule has 0 saturated heterocycles. The van der Waals surface area contributed by atoms with Gasteiger partial charge in [-0.1, -0.05) is 67.8 Å². The Hall–Kier alpha value is -4.82. The van der Waals surface area contributed by atoms with Crippen LogP contribution in [0.3, 0.4) is 0 Å². The van der Waals surface area contributed by atoms with Crippen molar-refractivity contribution in [3.8, 4) is 5.69 Å². The van der Waals surface area contributed by atoms with E-state index in [-0.39, 0.29) is 0 Å². The predicted octanol–water partition coefficient (Wildman–Crippen LogP) is 7.96. The molecule has 2 heteroatoms. The summed E-state index contributed by atoms with van der Waals surface area (Å²) in [6, 6.07) is 26.5. The maximum atomic E-state index is 4.60. The van der Waals surface area contributed by atoms with E-state index in [4.69, 9.17) is 0 Å². The molecule has 7 rings (SSSR count). The molecule has 188 valence electrons. The second-order valence-electron chi connectivity index (χ2n) is 10.7. The van der Waals surface area contributed by atoms with Gasteiger partial charge in [-0.15, -0.1) is 0 Å². The normalized spacial score (nSPS) is 15.6. The molecule has 2 aliphatic rings. The van der Waals surface area contributed by atoms with Gasteiger partial charge in [0.1, 0.15) is 0 Å². The summed E-state index contributed by atoms with van der Waals surface area (Å²) in [4.78, 5) is 2.44. The number of allylic oxidation sites excluding steroid dienone is 1. The SMILES string of the molecule is C=Cc1c(C=C)n(-c2ccccc2)c2/c1=C1/c3cc4ccc(C)cc4cc3N1c1cc(C)c(C)cc1C(=C)\C=2. The van der Waals surface area contributed by atoms with Crippen LogP contribution in [0.4, 0.5) is 11.4 Å². The molecule has 0 spiro atoms. The fourth-order valence-electron chi connectivity index (χ4n) is 6.23. The third-order valence-corrected chi connectivity index (χ3v) is 8.27. The van der Waals surface area contributed by atoms with Crippen molar-refractivity contribution in [1.29, 1.82) is 0 Å². The summed E-state index contributed by atoms with van der Waals surface area (Å²) in [5, 5.41) is 4.75. The lowest BCUT2D eigenvalue weighted by Crippen LogP contribution is -2.41. The Morgan fingerprint density at radius 1 is 0.718 bits per heavy atom. The molecule has 1 aromatic heterocycles. The molecule has 0 aliphatic carbocycles. The molecular weight excluding hydrogens is 472 g/mol. The number of rotatable bonds is 3. The van der Waals surface area contributed by atoms with Crippen LogP contribution < -0.4 is 15.5 Å². The lowest BCUT2D eigenvalue weighted by molar-refractivity contribution is 1.01. The van der Waals surface area contributed by atoms with Gasteiger partial charge < -0.3 is 9.47 Å². The molecule has 0 N–H and O–H groups in total. The topological polar surface area (TPSA) is 8.17 Å². The van der Waals surface area contributed by atoms with Crippen molar-refractivity contribution in [2.75, 3.05) is 4.90 Å². The van der Waals surface area contributed by atoms with E-state index in [0.717, 1.165) is 38.6 Å². The van der Waals surface area contributed by atoms with Crippen LogP contribution >= 0.6 is 0 Å². The van der Waals surface area contributed by atoms with Gasteiger partial charge >= 0.3 is 0 Å². The third kappa shape index (κ3) is 3.21. The van der Waals surface area contributed by atoms with Gasteiger partial charge in [0.2, 0.25) is 0 Å². The number of hydrogen-bond acceptors (Lipinski definition) is 1. The van der Waals surface area contributed by atoms with Gasteiger partial charge in [-0.05, 0) is 96.8 Å². The summed E-state index contributed by atoms with van der Waals surface area (Å²) in [5.41, 5.74) is 14.0. The Bertz CT molecular complexity index is 2030. The minimum absolute atomic E-state index is 0.986. The number of anilines is 2. The summed E-state index contributed by atoms with van der Waals surface area (Å²) >= 11 is 0. The number of aryl methyl sites for hydroxylation is 3. The largest absolute Gasteiger partial charge is 0.309 e. The average molecular weight is 503 g/mol. The first-order valence-electron chi connectivity index (χ1n) is 13.4. The van der Waals surface area contributed by atoms with E-state index in [1.165, 1.54) is 50.1 Å². The van der Waals surface area contributed by atoms with Crippen LogP contribution in [0.1, 0.15) is 39.1 Å². The number of aromatic nitrogens is 1. The standard InChI is InChI=1S/C37H30N2/c1-7-29-32(8-2)38(28-12-10-9-11-13-28)35-19-25(6)30-17-23(4)24(5)18-33(30)39-34-21-27-16-22(3)14-15-26(27)20-31(34)37(39)36(29)35/h7-21H,1-2,6H2,3-5H3/b35-19+,37-36-. The van der Waals surface area contributed by atoms with Gasteiger partial charge in [0.15, 0.2) is 0 Å². The van der Waals surface area contributed by atoms with Crippen LogP contribution in [0.2, 0.25) is 0 Å². The van der Waals surface area contributed by atoms with Gasteiger partial charge in [0, 0.05) is 27.6 Å². The molecule has 0 saturated carbocycles. The first kappa shape index (κ1) is 23.3. The highest BCUT2D eigenvalue weighted by atomic mass is 15.2. The number of nitrogens with zero attached hydrogens (tertiary/aromatic N) is 2. The maximum absolute atomic E-state index is 4.60. The van der Waals surface area contributed by atoms with Crippen molar-refractivity contribution >= 4 is 51.6 Å². The first-order valence-corrected chi connectivity index (χ1v) is 13.4. The molecule has 0 radical (unpaired) electrons. The molecule has 4 aromatic carbocycles.